The third kappa shape index (κ3) is 3.05. The monoisotopic (exact) mass is 373 g/mol. The van der Waals surface area contributed by atoms with E-state index in [1.54, 1.807) is 12.3 Å². The molecule has 0 aliphatic heterocycles. The van der Waals surface area contributed by atoms with Crippen LogP contribution < -0.4 is 5.32 Å². The summed E-state index contributed by atoms with van der Waals surface area (Å²) in [6, 6.07) is 11.3. The van der Waals surface area contributed by atoms with Gasteiger partial charge in [0.05, 0.1) is 6.54 Å². The van der Waals surface area contributed by atoms with Crippen molar-refractivity contribution in [2.24, 2.45) is 0 Å². The van der Waals surface area contributed by atoms with Crippen LogP contribution in [-0.4, -0.2) is 26.0 Å². The number of carbonyl (C=O) groups excluding carboxylic acids is 1. The van der Waals surface area contributed by atoms with Crippen LogP contribution in [0.15, 0.2) is 47.1 Å². The second-order valence-corrected chi connectivity index (χ2v) is 6.96. The summed E-state index contributed by atoms with van der Waals surface area (Å²) in [4.78, 5) is 24.6. The van der Waals surface area contributed by atoms with Gasteiger partial charge in [0.2, 0.25) is 11.7 Å². The number of aromatic amines is 1. The highest BCUT2D eigenvalue weighted by atomic mass is 16.5. The summed E-state index contributed by atoms with van der Waals surface area (Å²) in [6.07, 6.45) is 6.24. The number of aryl methyl sites for hydroxylation is 2. The molecule has 7 nitrogen and oxygen atoms in total. The van der Waals surface area contributed by atoms with E-state index < -0.39 is 0 Å². The summed E-state index contributed by atoms with van der Waals surface area (Å²) in [6.45, 7) is 0.169. The predicted octanol–water partition coefficient (Wildman–Crippen LogP) is 3.42. The molecule has 0 bridgehead atoms. The van der Waals surface area contributed by atoms with Crippen LogP contribution in [0.3, 0.4) is 0 Å². The Bertz CT molecular complexity index is 1150. The van der Waals surface area contributed by atoms with Gasteiger partial charge in [-0.2, -0.15) is 4.98 Å². The zero-order chi connectivity index (χ0) is 18.9. The number of rotatable bonds is 4. The van der Waals surface area contributed by atoms with E-state index >= 15 is 0 Å². The number of hydrogen-bond donors (Lipinski definition) is 2. The van der Waals surface area contributed by atoms with Gasteiger partial charge in [0.25, 0.3) is 5.91 Å². The van der Waals surface area contributed by atoms with Crippen molar-refractivity contribution in [1.29, 1.82) is 0 Å². The Hall–Kier alpha value is -3.48. The number of pyridine rings is 1. The molecule has 5 rings (SSSR count). The zero-order valence-corrected chi connectivity index (χ0v) is 15.2. The molecule has 0 fully saturated rings. The van der Waals surface area contributed by atoms with Crippen LogP contribution in [0.5, 0.6) is 0 Å². The second kappa shape index (κ2) is 6.92. The summed E-state index contributed by atoms with van der Waals surface area (Å²) in [7, 11) is 0. The first-order valence-corrected chi connectivity index (χ1v) is 9.43. The van der Waals surface area contributed by atoms with Gasteiger partial charge in [-0.3, -0.25) is 9.78 Å². The fourth-order valence-corrected chi connectivity index (χ4v) is 3.73. The van der Waals surface area contributed by atoms with E-state index in [-0.39, 0.29) is 12.5 Å². The van der Waals surface area contributed by atoms with Gasteiger partial charge in [-0.05, 0) is 61.6 Å². The minimum absolute atomic E-state index is 0.162. The normalized spacial score (nSPS) is 13.4. The largest absolute Gasteiger partial charge is 0.358 e. The number of nitrogens with one attached hydrogen (secondary N) is 2. The van der Waals surface area contributed by atoms with E-state index in [2.05, 4.69) is 25.4 Å². The van der Waals surface area contributed by atoms with Gasteiger partial charge in [-0.15, -0.1) is 0 Å². The molecule has 1 aromatic carbocycles. The molecule has 0 unspecified atom stereocenters. The van der Waals surface area contributed by atoms with Gasteiger partial charge >= 0.3 is 0 Å². The fraction of sp³-hybridized carbons (Fsp3) is 0.238. The highest BCUT2D eigenvalue weighted by Gasteiger charge is 2.17. The van der Waals surface area contributed by atoms with Gasteiger partial charge in [0, 0.05) is 28.4 Å². The molecule has 3 heterocycles. The fourth-order valence-electron chi connectivity index (χ4n) is 3.73. The molecule has 0 radical (unpaired) electrons. The Kier molecular flexibility index (Phi) is 4.12. The molecule has 0 saturated heterocycles. The third-order valence-corrected chi connectivity index (χ3v) is 5.12. The molecule has 1 aliphatic rings. The van der Waals surface area contributed by atoms with Crippen molar-refractivity contribution in [3.05, 3.63) is 65.3 Å². The van der Waals surface area contributed by atoms with Crippen molar-refractivity contribution in [3.63, 3.8) is 0 Å². The number of nitrogens with zero attached hydrogens (tertiary/aromatic N) is 3. The van der Waals surface area contributed by atoms with E-state index in [4.69, 9.17) is 4.52 Å². The molecule has 1 aliphatic carbocycles. The highest BCUT2D eigenvalue weighted by molar-refractivity contribution is 5.99. The van der Waals surface area contributed by atoms with E-state index in [1.165, 1.54) is 24.1 Å². The Morgan fingerprint density at radius 1 is 1.18 bits per heavy atom. The number of fused-ring (bicyclic) bond motifs is 3. The first-order valence-electron chi connectivity index (χ1n) is 9.43. The first-order chi connectivity index (χ1) is 13.8. The molecule has 0 saturated carbocycles. The lowest BCUT2D eigenvalue weighted by molar-refractivity contribution is 0.0946. The summed E-state index contributed by atoms with van der Waals surface area (Å²) >= 11 is 0. The van der Waals surface area contributed by atoms with Gasteiger partial charge in [0.1, 0.15) is 5.69 Å². The van der Waals surface area contributed by atoms with E-state index in [1.807, 2.05) is 30.3 Å². The Labute approximate surface area is 161 Å². The molecule has 2 N–H and O–H groups in total. The first kappa shape index (κ1) is 16.7. The van der Waals surface area contributed by atoms with E-state index in [0.717, 1.165) is 23.7 Å². The summed E-state index contributed by atoms with van der Waals surface area (Å²) in [5.74, 6) is 0.588. The van der Waals surface area contributed by atoms with Crippen molar-refractivity contribution in [1.82, 2.24) is 25.4 Å². The Morgan fingerprint density at radius 3 is 3.00 bits per heavy atom. The van der Waals surface area contributed by atoms with Crippen LogP contribution in [0, 0.1) is 0 Å². The molecule has 140 valence electrons. The topological polar surface area (TPSA) is 96.7 Å². The molecule has 28 heavy (non-hydrogen) atoms. The maximum absolute atomic E-state index is 12.6. The minimum Gasteiger partial charge on any atom is -0.358 e. The quantitative estimate of drug-likeness (QED) is 0.571. The zero-order valence-electron chi connectivity index (χ0n) is 15.2. The van der Waals surface area contributed by atoms with Crippen molar-refractivity contribution < 1.29 is 9.32 Å². The molecule has 3 aromatic heterocycles. The molecule has 0 atom stereocenters. The van der Waals surface area contributed by atoms with Gasteiger partial charge < -0.3 is 14.8 Å². The van der Waals surface area contributed by atoms with Crippen LogP contribution >= 0.6 is 0 Å². The van der Waals surface area contributed by atoms with Crippen LogP contribution in [0.4, 0.5) is 0 Å². The number of aromatic nitrogens is 4. The number of H-pyrrole nitrogens is 1. The van der Waals surface area contributed by atoms with Crippen molar-refractivity contribution in [2.45, 2.75) is 32.2 Å². The molecule has 7 heteroatoms. The maximum atomic E-state index is 12.6. The SMILES string of the molecule is O=C(NCc1nc(-c2ccccn2)no1)c1ccc2[nH]c3c(c2c1)CCCC3. The lowest BCUT2D eigenvalue weighted by Crippen LogP contribution is -2.22. The third-order valence-electron chi connectivity index (χ3n) is 5.12. The Balaban J connectivity index is 1.31. The second-order valence-electron chi connectivity index (χ2n) is 6.96. The number of hydrogen-bond acceptors (Lipinski definition) is 5. The summed E-state index contributed by atoms with van der Waals surface area (Å²) in [5.41, 5.74) is 5.02. The predicted molar refractivity (Wildman–Crippen MR) is 104 cm³/mol. The number of carbonyl (C=O) groups is 1. The minimum atomic E-state index is -0.162. The standard InChI is InChI=1S/C21H19N5O2/c27-21(23-12-19-25-20(26-28-19)18-7-3-4-10-22-18)13-8-9-17-15(11-13)14-5-1-2-6-16(14)24-17/h3-4,7-11,24H,1-2,5-6,12H2,(H,23,27). The average Bonchev–Trinajstić information content (AvgIpc) is 3.37. The van der Waals surface area contributed by atoms with Crippen LogP contribution in [0.2, 0.25) is 0 Å². The van der Waals surface area contributed by atoms with Gasteiger partial charge in [-0.25, -0.2) is 0 Å². The lowest BCUT2D eigenvalue weighted by atomic mass is 9.95. The molecular weight excluding hydrogens is 354 g/mol. The smallest absolute Gasteiger partial charge is 0.251 e. The highest BCUT2D eigenvalue weighted by Crippen LogP contribution is 2.29. The molecule has 1 amide bonds. The molecule has 4 aromatic rings. The average molecular weight is 373 g/mol. The number of amides is 1. The van der Waals surface area contributed by atoms with Crippen LogP contribution in [0.25, 0.3) is 22.4 Å². The van der Waals surface area contributed by atoms with Gasteiger partial charge in [0.15, 0.2) is 0 Å². The molecule has 0 spiro atoms. The van der Waals surface area contributed by atoms with E-state index in [9.17, 15) is 4.79 Å². The molecular formula is C21H19N5O2. The summed E-state index contributed by atoms with van der Waals surface area (Å²) < 4.78 is 5.22. The summed E-state index contributed by atoms with van der Waals surface area (Å²) in [5, 5.41) is 7.92. The van der Waals surface area contributed by atoms with Crippen LogP contribution in [0.1, 0.15) is 40.3 Å². The maximum Gasteiger partial charge on any atom is 0.251 e. The van der Waals surface area contributed by atoms with Crippen LogP contribution in [-0.2, 0) is 19.4 Å². The van der Waals surface area contributed by atoms with Crippen molar-refractivity contribution in [2.75, 3.05) is 0 Å². The van der Waals surface area contributed by atoms with Crippen molar-refractivity contribution >= 4 is 16.8 Å². The number of benzene rings is 1. The van der Waals surface area contributed by atoms with Crippen molar-refractivity contribution in [3.8, 4) is 11.5 Å². The van der Waals surface area contributed by atoms with Gasteiger partial charge in [-0.1, -0.05) is 11.2 Å². The van der Waals surface area contributed by atoms with E-state index in [0.29, 0.717) is 23.0 Å². The Morgan fingerprint density at radius 2 is 2.11 bits per heavy atom. The lowest BCUT2D eigenvalue weighted by Gasteiger charge is -2.10.